The lowest BCUT2D eigenvalue weighted by Crippen LogP contribution is -2.45. The number of nitrogens with zero attached hydrogens (tertiary/aromatic N) is 4. The van der Waals surface area contributed by atoms with Crippen LogP contribution in [-0.4, -0.2) is 86.1 Å². The number of carbonyl (C=O) groups is 1. The molecule has 1 fully saturated rings. The van der Waals surface area contributed by atoms with Crippen molar-refractivity contribution in [2.45, 2.75) is 11.8 Å². The van der Waals surface area contributed by atoms with Crippen molar-refractivity contribution in [3.8, 4) is 22.7 Å². The number of rotatable bonds is 11. The number of morpholine rings is 1. The summed E-state index contributed by atoms with van der Waals surface area (Å²) in [5.74, 6) is 0.478. The van der Waals surface area contributed by atoms with Crippen molar-refractivity contribution >= 4 is 33.5 Å². The lowest BCUT2D eigenvalue weighted by Gasteiger charge is -2.29. The Balaban J connectivity index is 1.42. The Bertz CT molecular complexity index is 1640. The van der Waals surface area contributed by atoms with Crippen molar-refractivity contribution in [3.05, 3.63) is 89.6 Å². The molecule has 1 aliphatic rings. The molecule has 0 radical (unpaired) electrons. The van der Waals surface area contributed by atoms with Crippen LogP contribution in [0.2, 0.25) is 5.02 Å². The summed E-state index contributed by atoms with van der Waals surface area (Å²) >= 11 is 6.01. The standard InChI is InChI=1S/C31H34ClN5O5S/c1-23-3-9-26(10-4-23)37-21-29(24-5-11-27(41-2)12-6-24)33-31(37)34-30(38)22-36(16-15-35-17-19-42-20-18-35)43(39,40)28-13-7-25(32)8-14-28/h3-14,21H,15-20,22H2,1-2H3,(H,33,34,38). The number of aryl methyl sites for hydroxylation is 1. The minimum absolute atomic E-state index is 0.0645. The van der Waals surface area contributed by atoms with Crippen LogP contribution in [0.5, 0.6) is 5.75 Å². The van der Waals surface area contributed by atoms with Gasteiger partial charge in [0.2, 0.25) is 21.9 Å². The van der Waals surface area contributed by atoms with E-state index in [1.807, 2.05) is 61.7 Å². The summed E-state index contributed by atoms with van der Waals surface area (Å²) < 4.78 is 41.1. The Labute approximate surface area is 256 Å². The molecule has 226 valence electrons. The third kappa shape index (κ3) is 7.62. The normalized spacial score (nSPS) is 14.1. The Morgan fingerprint density at radius 2 is 1.70 bits per heavy atom. The zero-order chi connectivity index (χ0) is 30.4. The van der Waals surface area contributed by atoms with Crippen molar-refractivity contribution < 1.29 is 22.7 Å². The van der Waals surface area contributed by atoms with E-state index in [1.54, 1.807) is 11.7 Å². The Morgan fingerprint density at radius 3 is 2.35 bits per heavy atom. The molecule has 1 aromatic heterocycles. The maximum Gasteiger partial charge on any atom is 0.243 e. The van der Waals surface area contributed by atoms with Crippen LogP contribution >= 0.6 is 11.6 Å². The molecule has 1 amide bonds. The van der Waals surface area contributed by atoms with Crippen LogP contribution in [0, 0.1) is 6.92 Å². The van der Waals surface area contributed by atoms with Gasteiger partial charge in [-0.1, -0.05) is 29.3 Å². The van der Waals surface area contributed by atoms with E-state index in [1.165, 1.54) is 28.6 Å². The molecule has 5 rings (SSSR count). The first kappa shape index (κ1) is 30.7. The van der Waals surface area contributed by atoms with Gasteiger partial charge in [0.15, 0.2) is 0 Å². The number of amides is 1. The maximum absolute atomic E-state index is 13.7. The number of anilines is 1. The molecule has 43 heavy (non-hydrogen) atoms. The van der Waals surface area contributed by atoms with Gasteiger partial charge in [0.1, 0.15) is 5.75 Å². The predicted molar refractivity (Wildman–Crippen MR) is 166 cm³/mol. The second-order valence-corrected chi connectivity index (χ2v) is 12.6. The van der Waals surface area contributed by atoms with Crippen molar-refractivity contribution in [2.75, 3.05) is 58.4 Å². The molecule has 1 saturated heterocycles. The summed E-state index contributed by atoms with van der Waals surface area (Å²) in [4.78, 5) is 20.4. The van der Waals surface area contributed by atoms with Crippen molar-refractivity contribution in [1.29, 1.82) is 0 Å². The molecule has 0 spiro atoms. The number of imidazole rings is 1. The number of ether oxygens (including phenoxy) is 2. The number of carbonyl (C=O) groups excluding carboxylic acids is 1. The Morgan fingerprint density at radius 1 is 1.02 bits per heavy atom. The molecule has 0 bridgehead atoms. The molecule has 0 aliphatic carbocycles. The van der Waals surface area contributed by atoms with Gasteiger partial charge in [0, 0.05) is 48.6 Å². The van der Waals surface area contributed by atoms with Gasteiger partial charge < -0.3 is 9.47 Å². The monoisotopic (exact) mass is 623 g/mol. The quantitative estimate of drug-likeness (QED) is 0.263. The third-order valence-electron chi connectivity index (χ3n) is 7.20. The van der Waals surface area contributed by atoms with Crippen molar-refractivity contribution in [1.82, 2.24) is 18.8 Å². The molecule has 1 N–H and O–H groups in total. The summed E-state index contributed by atoms with van der Waals surface area (Å²) in [6.07, 6.45) is 1.84. The highest BCUT2D eigenvalue weighted by Crippen LogP contribution is 2.27. The number of hydrogen-bond acceptors (Lipinski definition) is 7. The van der Waals surface area contributed by atoms with Gasteiger partial charge in [-0.25, -0.2) is 13.4 Å². The van der Waals surface area contributed by atoms with E-state index in [9.17, 15) is 13.2 Å². The van der Waals surface area contributed by atoms with Crippen LogP contribution in [0.3, 0.4) is 0 Å². The van der Waals surface area contributed by atoms with E-state index in [2.05, 4.69) is 10.2 Å². The Kier molecular flexibility index (Phi) is 9.79. The fourth-order valence-electron chi connectivity index (χ4n) is 4.71. The summed E-state index contributed by atoms with van der Waals surface area (Å²) in [5, 5.41) is 3.29. The zero-order valence-corrected chi connectivity index (χ0v) is 25.6. The van der Waals surface area contributed by atoms with Gasteiger partial charge in [0.25, 0.3) is 0 Å². The molecular formula is C31H34ClN5O5S. The van der Waals surface area contributed by atoms with Crippen LogP contribution in [0.25, 0.3) is 16.9 Å². The summed E-state index contributed by atoms with van der Waals surface area (Å²) in [6.45, 7) is 4.76. The molecule has 12 heteroatoms. The average Bonchev–Trinajstić information content (AvgIpc) is 3.43. The van der Waals surface area contributed by atoms with Gasteiger partial charge in [-0.2, -0.15) is 4.31 Å². The van der Waals surface area contributed by atoms with Gasteiger partial charge in [-0.15, -0.1) is 0 Å². The van der Waals surface area contributed by atoms with Crippen molar-refractivity contribution in [3.63, 3.8) is 0 Å². The SMILES string of the molecule is COc1ccc(-c2cn(-c3ccc(C)cc3)c(NC(=O)CN(CCN3CCOCC3)S(=O)(=O)c3ccc(Cl)cc3)n2)cc1. The molecule has 0 saturated carbocycles. The highest BCUT2D eigenvalue weighted by molar-refractivity contribution is 7.89. The first-order valence-corrected chi connectivity index (χ1v) is 15.7. The van der Waals surface area contributed by atoms with E-state index >= 15 is 0 Å². The summed E-state index contributed by atoms with van der Waals surface area (Å²) in [6, 6.07) is 21.2. The predicted octanol–water partition coefficient (Wildman–Crippen LogP) is 4.47. The molecule has 0 atom stereocenters. The van der Waals surface area contributed by atoms with Gasteiger partial charge in [-0.3, -0.25) is 19.6 Å². The number of halogens is 1. The number of aromatic nitrogens is 2. The number of benzene rings is 3. The van der Waals surface area contributed by atoms with Crippen LogP contribution in [0.1, 0.15) is 5.56 Å². The number of sulfonamides is 1. The van der Waals surface area contributed by atoms with Gasteiger partial charge in [0.05, 0.1) is 37.5 Å². The molecule has 10 nitrogen and oxygen atoms in total. The molecule has 4 aromatic rings. The minimum atomic E-state index is -4.00. The maximum atomic E-state index is 13.7. The summed E-state index contributed by atoms with van der Waals surface area (Å²) in [5.41, 5.74) is 3.36. The highest BCUT2D eigenvalue weighted by atomic mass is 35.5. The molecule has 0 unspecified atom stereocenters. The lowest BCUT2D eigenvalue weighted by molar-refractivity contribution is -0.116. The van der Waals surface area contributed by atoms with E-state index < -0.39 is 22.5 Å². The minimum Gasteiger partial charge on any atom is -0.497 e. The van der Waals surface area contributed by atoms with Crippen LogP contribution in [-0.2, 0) is 19.6 Å². The second kappa shape index (κ2) is 13.7. The molecular weight excluding hydrogens is 590 g/mol. The van der Waals surface area contributed by atoms with Crippen molar-refractivity contribution in [2.24, 2.45) is 0 Å². The fourth-order valence-corrected chi connectivity index (χ4v) is 6.23. The third-order valence-corrected chi connectivity index (χ3v) is 9.31. The smallest absolute Gasteiger partial charge is 0.243 e. The average molecular weight is 624 g/mol. The zero-order valence-electron chi connectivity index (χ0n) is 24.1. The first-order valence-electron chi connectivity index (χ1n) is 13.9. The number of hydrogen-bond donors (Lipinski definition) is 1. The van der Waals surface area contributed by atoms with Crippen LogP contribution in [0.15, 0.2) is 83.9 Å². The molecule has 2 heterocycles. The lowest BCUT2D eigenvalue weighted by atomic mass is 10.1. The second-order valence-electron chi connectivity index (χ2n) is 10.2. The molecule has 1 aliphatic heterocycles. The largest absolute Gasteiger partial charge is 0.497 e. The van der Waals surface area contributed by atoms with E-state index in [-0.39, 0.29) is 17.4 Å². The fraction of sp³-hybridized carbons (Fsp3) is 0.290. The first-order chi connectivity index (χ1) is 20.7. The van der Waals surface area contributed by atoms with Gasteiger partial charge in [-0.05, 0) is 67.6 Å². The van der Waals surface area contributed by atoms with Gasteiger partial charge >= 0.3 is 0 Å². The highest BCUT2D eigenvalue weighted by Gasteiger charge is 2.28. The number of methoxy groups -OCH3 is 1. The number of nitrogens with one attached hydrogen (secondary N) is 1. The Hall–Kier alpha value is -3.74. The van der Waals surface area contributed by atoms with E-state index in [0.717, 1.165) is 16.8 Å². The van der Waals surface area contributed by atoms with Crippen LogP contribution in [0.4, 0.5) is 5.95 Å². The van der Waals surface area contributed by atoms with E-state index in [0.29, 0.717) is 49.3 Å². The topological polar surface area (TPSA) is 106 Å². The molecule has 3 aromatic carbocycles. The van der Waals surface area contributed by atoms with Crippen LogP contribution < -0.4 is 10.1 Å². The van der Waals surface area contributed by atoms with E-state index in [4.69, 9.17) is 26.1 Å². The summed E-state index contributed by atoms with van der Waals surface area (Å²) in [7, 11) is -2.40.